The van der Waals surface area contributed by atoms with Gasteiger partial charge in [0, 0.05) is 12.7 Å². The second-order valence-electron chi connectivity index (χ2n) is 3.78. The number of aromatic carboxylic acids is 1. The number of halogens is 1. The fraction of sp³-hybridized carbons (Fsp3) is 0.0833. The molecule has 0 atom stereocenters. The van der Waals surface area contributed by atoms with Crippen molar-refractivity contribution < 1.29 is 14.7 Å². The number of carbonyl (C=O) groups excluding carboxylic acids is 2. The van der Waals surface area contributed by atoms with Crippen molar-refractivity contribution in [3.63, 3.8) is 0 Å². The molecule has 0 saturated carbocycles. The van der Waals surface area contributed by atoms with Gasteiger partial charge in [-0.3, -0.25) is 9.48 Å². The Hall–Kier alpha value is -2.15. The van der Waals surface area contributed by atoms with Gasteiger partial charge in [-0.25, -0.2) is 0 Å². The molecule has 2 aromatic rings. The number of amides is 1. The smallest absolute Gasteiger partial charge is 0.275 e. The van der Waals surface area contributed by atoms with Crippen LogP contribution in [0.2, 0.25) is 0 Å². The molecule has 0 aliphatic rings. The molecular formula is C12H9BrN3O3-. The highest BCUT2D eigenvalue weighted by molar-refractivity contribution is 9.10. The van der Waals surface area contributed by atoms with Crippen LogP contribution in [0.4, 0.5) is 5.69 Å². The van der Waals surface area contributed by atoms with Gasteiger partial charge in [0.1, 0.15) is 5.69 Å². The third-order valence-electron chi connectivity index (χ3n) is 2.49. The summed E-state index contributed by atoms with van der Waals surface area (Å²) in [6, 6.07) is 5.72. The van der Waals surface area contributed by atoms with Gasteiger partial charge in [-0.1, -0.05) is 12.1 Å². The van der Waals surface area contributed by atoms with Crippen LogP contribution < -0.4 is 10.4 Å². The van der Waals surface area contributed by atoms with E-state index in [0.717, 1.165) is 0 Å². The van der Waals surface area contributed by atoms with Gasteiger partial charge < -0.3 is 15.2 Å². The summed E-state index contributed by atoms with van der Waals surface area (Å²) in [6.45, 7) is 0. The summed E-state index contributed by atoms with van der Waals surface area (Å²) in [5, 5.41) is 17.2. The Kier molecular flexibility index (Phi) is 3.66. The molecule has 0 fully saturated rings. The monoisotopic (exact) mass is 322 g/mol. The molecule has 19 heavy (non-hydrogen) atoms. The molecule has 98 valence electrons. The van der Waals surface area contributed by atoms with Gasteiger partial charge in [0.15, 0.2) is 0 Å². The van der Waals surface area contributed by atoms with E-state index in [2.05, 4.69) is 26.3 Å². The SMILES string of the molecule is Cn1ncc(Br)c1C(=O)Nc1ccc(C(=O)[O-])cc1. The minimum absolute atomic E-state index is 0.0553. The van der Waals surface area contributed by atoms with Crippen molar-refractivity contribution in [1.29, 1.82) is 0 Å². The minimum atomic E-state index is -1.26. The fourth-order valence-electron chi connectivity index (χ4n) is 1.55. The van der Waals surface area contributed by atoms with Gasteiger partial charge in [-0.15, -0.1) is 0 Å². The zero-order chi connectivity index (χ0) is 14.0. The third-order valence-corrected chi connectivity index (χ3v) is 3.07. The average molecular weight is 323 g/mol. The van der Waals surface area contributed by atoms with Gasteiger partial charge in [0.05, 0.1) is 16.6 Å². The molecule has 0 unspecified atom stereocenters. The molecule has 1 aromatic carbocycles. The standard InChI is InChI=1S/C12H10BrN3O3/c1-16-10(9(13)6-14-16)11(17)15-8-4-2-7(3-5-8)12(18)19/h2-6H,1H3,(H,15,17)(H,18,19)/p-1. The molecule has 0 spiro atoms. The number of nitrogens with zero attached hydrogens (tertiary/aromatic N) is 2. The van der Waals surface area contributed by atoms with Crippen molar-refractivity contribution >= 4 is 33.5 Å². The number of rotatable bonds is 3. The topological polar surface area (TPSA) is 87.0 Å². The molecule has 2 rings (SSSR count). The van der Waals surface area contributed by atoms with Gasteiger partial charge in [-0.2, -0.15) is 5.10 Å². The lowest BCUT2D eigenvalue weighted by atomic mass is 10.2. The van der Waals surface area contributed by atoms with Crippen LogP contribution >= 0.6 is 15.9 Å². The van der Waals surface area contributed by atoms with Crippen molar-refractivity contribution in [2.45, 2.75) is 0 Å². The summed E-state index contributed by atoms with van der Waals surface area (Å²) in [5.41, 5.74) is 0.923. The van der Waals surface area contributed by atoms with Gasteiger partial charge >= 0.3 is 0 Å². The zero-order valence-corrected chi connectivity index (χ0v) is 11.5. The molecule has 1 N–H and O–H groups in total. The predicted octanol–water partition coefficient (Wildman–Crippen LogP) is 0.798. The number of carboxylic acid groups (broad SMARTS) is 1. The highest BCUT2D eigenvalue weighted by atomic mass is 79.9. The quantitative estimate of drug-likeness (QED) is 0.905. The molecular weight excluding hydrogens is 314 g/mol. The first-order valence-electron chi connectivity index (χ1n) is 5.29. The lowest BCUT2D eigenvalue weighted by molar-refractivity contribution is -0.255. The van der Waals surface area contributed by atoms with E-state index in [9.17, 15) is 14.7 Å². The fourth-order valence-corrected chi connectivity index (χ4v) is 2.07. The zero-order valence-electron chi connectivity index (χ0n) is 9.88. The first-order valence-corrected chi connectivity index (χ1v) is 6.08. The molecule has 0 aliphatic heterocycles. The van der Waals surface area contributed by atoms with Crippen molar-refractivity contribution in [3.05, 3.63) is 46.2 Å². The highest BCUT2D eigenvalue weighted by Crippen LogP contribution is 2.17. The molecule has 7 heteroatoms. The van der Waals surface area contributed by atoms with Gasteiger partial charge in [-0.05, 0) is 33.6 Å². The summed E-state index contributed by atoms with van der Waals surface area (Å²) in [6.07, 6.45) is 1.52. The number of aromatic nitrogens is 2. The predicted molar refractivity (Wildman–Crippen MR) is 69.6 cm³/mol. The van der Waals surface area contributed by atoms with Crippen LogP contribution in [-0.4, -0.2) is 21.7 Å². The molecule has 1 amide bonds. The maximum Gasteiger partial charge on any atom is 0.275 e. The Balaban J connectivity index is 2.17. The maximum absolute atomic E-state index is 12.0. The minimum Gasteiger partial charge on any atom is -0.545 e. The number of nitrogens with one attached hydrogen (secondary N) is 1. The van der Waals surface area contributed by atoms with Crippen LogP contribution in [0.15, 0.2) is 34.9 Å². The van der Waals surface area contributed by atoms with E-state index >= 15 is 0 Å². The summed E-state index contributed by atoms with van der Waals surface area (Å²) in [7, 11) is 1.65. The van der Waals surface area contributed by atoms with Crippen LogP contribution in [-0.2, 0) is 7.05 Å². The maximum atomic E-state index is 12.0. The van der Waals surface area contributed by atoms with Crippen LogP contribution in [0.1, 0.15) is 20.8 Å². The van der Waals surface area contributed by atoms with Crippen LogP contribution in [0.3, 0.4) is 0 Å². The molecule has 0 saturated heterocycles. The molecule has 6 nitrogen and oxygen atoms in total. The number of hydrogen-bond donors (Lipinski definition) is 1. The van der Waals surface area contributed by atoms with Crippen molar-refractivity contribution in [3.8, 4) is 0 Å². The lowest BCUT2D eigenvalue weighted by Gasteiger charge is -2.07. The number of hydrogen-bond acceptors (Lipinski definition) is 4. The molecule has 0 aliphatic carbocycles. The van der Waals surface area contributed by atoms with Crippen LogP contribution in [0.5, 0.6) is 0 Å². The lowest BCUT2D eigenvalue weighted by Crippen LogP contribution is -2.22. The average Bonchev–Trinajstić information content (AvgIpc) is 2.69. The number of benzene rings is 1. The van der Waals surface area contributed by atoms with E-state index in [-0.39, 0.29) is 11.5 Å². The Labute approximate surface area is 117 Å². The van der Waals surface area contributed by atoms with E-state index in [1.165, 1.54) is 35.1 Å². The van der Waals surface area contributed by atoms with E-state index in [4.69, 9.17) is 0 Å². The molecule has 0 radical (unpaired) electrons. The Morgan fingerprint density at radius 1 is 1.32 bits per heavy atom. The summed E-state index contributed by atoms with van der Waals surface area (Å²) in [4.78, 5) is 22.6. The van der Waals surface area contributed by atoms with E-state index in [0.29, 0.717) is 15.9 Å². The number of anilines is 1. The van der Waals surface area contributed by atoms with Gasteiger partial charge in [0.2, 0.25) is 0 Å². The van der Waals surface area contributed by atoms with Gasteiger partial charge in [0.25, 0.3) is 5.91 Å². The van der Waals surface area contributed by atoms with Crippen molar-refractivity contribution in [1.82, 2.24) is 9.78 Å². The molecule has 1 aromatic heterocycles. The second-order valence-corrected chi connectivity index (χ2v) is 4.64. The Morgan fingerprint density at radius 3 is 2.42 bits per heavy atom. The summed E-state index contributed by atoms with van der Waals surface area (Å²) >= 11 is 3.23. The third kappa shape index (κ3) is 2.82. The normalized spacial score (nSPS) is 10.2. The molecule has 1 heterocycles. The van der Waals surface area contributed by atoms with E-state index < -0.39 is 5.97 Å². The van der Waals surface area contributed by atoms with E-state index in [1.54, 1.807) is 7.05 Å². The second kappa shape index (κ2) is 5.23. The highest BCUT2D eigenvalue weighted by Gasteiger charge is 2.15. The first-order chi connectivity index (χ1) is 8.99. The summed E-state index contributed by atoms with van der Waals surface area (Å²) < 4.78 is 2.02. The summed E-state index contributed by atoms with van der Waals surface area (Å²) in [5.74, 6) is -1.60. The Bertz CT molecular complexity index is 615. The Morgan fingerprint density at radius 2 is 1.95 bits per heavy atom. The number of carboxylic acids is 1. The first kappa shape index (κ1) is 13.3. The molecule has 0 bridgehead atoms. The van der Waals surface area contributed by atoms with Crippen molar-refractivity contribution in [2.75, 3.05) is 5.32 Å². The van der Waals surface area contributed by atoms with E-state index in [1.807, 2.05) is 0 Å². The largest absolute Gasteiger partial charge is 0.545 e. The number of aryl methyl sites for hydroxylation is 1. The van der Waals surface area contributed by atoms with Crippen LogP contribution in [0.25, 0.3) is 0 Å². The number of carbonyl (C=O) groups is 2. The van der Waals surface area contributed by atoms with Crippen molar-refractivity contribution in [2.24, 2.45) is 7.05 Å². The van der Waals surface area contributed by atoms with Crippen LogP contribution in [0, 0.1) is 0 Å².